The van der Waals surface area contributed by atoms with E-state index in [-0.39, 0.29) is 6.04 Å². The standard InChI is InChI=1S/C11H18N2O2S2/c1-8-3-4-13(9(2)5-8)17(14,15)11-6-10(12)7-16-11/h6-9H,3-5,12H2,1-2H3. The normalized spacial score (nSPS) is 27.2. The maximum Gasteiger partial charge on any atom is 0.252 e. The Morgan fingerprint density at radius 1 is 1.47 bits per heavy atom. The van der Waals surface area contributed by atoms with Crippen molar-refractivity contribution < 1.29 is 8.42 Å². The fourth-order valence-electron chi connectivity index (χ4n) is 2.32. The lowest BCUT2D eigenvalue weighted by Crippen LogP contribution is -2.43. The van der Waals surface area contributed by atoms with Crippen molar-refractivity contribution in [3.05, 3.63) is 11.4 Å². The van der Waals surface area contributed by atoms with Crippen molar-refractivity contribution in [2.45, 2.75) is 36.9 Å². The Bertz CT molecular complexity index is 495. The molecule has 1 saturated heterocycles. The predicted molar refractivity (Wildman–Crippen MR) is 70.5 cm³/mol. The van der Waals surface area contributed by atoms with E-state index in [2.05, 4.69) is 6.92 Å². The Kier molecular flexibility index (Phi) is 3.47. The van der Waals surface area contributed by atoms with E-state index in [1.165, 1.54) is 11.3 Å². The van der Waals surface area contributed by atoms with Gasteiger partial charge in [0.1, 0.15) is 4.21 Å². The van der Waals surface area contributed by atoms with Crippen LogP contribution in [0.1, 0.15) is 26.7 Å². The number of thiophene rings is 1. The highest BCUT2D eigenvalue weighted by Gasteiger charge is 2.33. The van der Waals surface area contributed by atoms with Crippen LogP contribution in [0.5, 0.6) is 0 Å². The minimum absolute atomic E-state index is 0.0760. The SMILES string of the molecule is CC1CCN(S(=O)(=O)c2cc(N)cs2)C(C)C1. The summed E-state index contributed by atoms with van der Waals surface area (Å²) in [6.07, 6.45) is 1.87. The van der Waals surface area contributed by atoms with Gasteiger partial charge in [0.2, 0.25) is 0 Å². The van der Waals surface area contributed by atoms with Gasteiger partial charge in [-0.2, -0.15) is 4.31 Å². The van der Waals surface area contributed by atoms with Gasteiger partial charge < -0.3 is 5.73 Å². The third-order valence-corrected chi connectivity index (χ3v) is 6.68. The second kappa shape index (κ2) is 4.59. The molecule has 2 unspecified atom stereocenters. The Morgan fingerprint density at radius 2 is 2.18 bits per heavy atom. The molecule has 1 aliphatic heterocycles. The first-order valence-electron chi connectivity index (χ1n) is 5.77. The van der Waals surface area contributed by atoms with Crippen LogP contribution in [0.15, 0.2) is 15.7 Å². The van der Waals surface area contributed by atoms with Crippen molar-refractivity contribution in [3.63, 3.8) is 0 Å². The Hall–Kier alpha value is -0.590. The van der Waals surface area contributed by atoms with E-state index in [9.17, 15) is 8.42 Å². The molecule has 0 aromatic carbocycles. The van der Waals surface area contributed by atoms with Gasteiger partial charge >= 0.3 is 0 Å². The number of hydrogen-bond acceptors (Lipinski definition) is 4. The number of nitrogen functional groups attached to an aromatic ring is 1. The minimum atomic E-state index is -3.34. The number of rotatable bonds is 2. The van der Waals surface area contributed by atoms with Crippen LogP contribution in [0.2, 0.25) is 0 Å². The third kappa shape index (κ3) is 2.48. The Balaban J connectivity index is 2.27. The average molecular weight is 274 g/mol. The van der Waals surface area contributed by atoms with Gasteiger partial charge in [0, 0.05) is 23.7 Å². The zero-order valence-electron chi connectivity index (χ0n) is 10.1. The van der Waals surface area contributed by atoms with E-state index in [0.717, 1.165) is 12.8 Å². The number of hydrogen-bond donors (Lipinski definition) is 1. The number of sulfonamides is 1. The van der Waals surface area contributed by atoms with Gasteiger partial charge in [0.05, 0.1) is 0 Å². The highest BCUT2D eigenvalue weighted by molar-refractivity contribution is 7.91. The molecule has 1 aliphatic rings. The molecule has 2 atom stereocenters. The van der Waals surface area contributed by atoms with Gasteiger partial charge in [0.15, 0.2) is 0 Å². The quantitative estimate of drug-likeness (QED) is 0.898. The summed E-state index contributed by atoms with van der Waals surface area (Å²) in [5.74, 6) is 0.602. The molecule has 1 aromatic rings. The first-order valence-corrected chi connectivity index (χ1v) is 8.09. The molecule has 0 radical (unpaired) electrons. The Labute approximate surface area is 106 Å². The first-order chi connectivity index (χ1) is 7.91. The van der Waals surface area contributed by atoms with Crippen molar-refractivity contribution in [2.24, 2.45) is 5.92 Å². The van der Waals surface area contributed by atoms with E-state index in [1.807, 2.05) is 6.92 Å². The maximum absolute atomic E-state index is 12.4. The molecule has 96 valence electrons. The minimum Gasteiger partial charge on any atom is -0.398 e. The van der Waals surface area contributed by atoms with Crippen LogP contribution >= 0.6 is 11.3 Å². The van der Waals surface area contributed by atoms with Crippen molar-refractivity contribution in [3.8, 4) is 0 Å². The average Bonchev–Trinajstić information content (AvgIpc) is 2.64. The molecule has 4 nitrogen and oxygen atoms in total. The summed E-state index contributed by atoms with van der Waals surface area (Å²) in [7, 11) is -3.34. The molecule has 17 heavy (non-hydrogen) atoms. The summed E-state index contributed by atoms with van der Waals surface area (Å²) >= 11 is 1.20. The molecule has 6 heteroatoms. The molecule has 1 aromatic heterocycles. The van der Waals surface area contributed by atoms with Crippen LogP contribution in [0.3, 0.4) is 0 Å². The van der Waals surface area contributed by atoms with Crippen molar-refractivity contribution in [1.82, 2.24) is 4.31 Å². The van der Waals surface area contributed by atoms with Crippen LogP contribution in [-0.2, 0) is 10.0 Å². The maximum atomic E-state index is 12.4. The highest BCUT2D eigenvalue weighted by Crippen LogP contribution is 2.31. The second-order valence-corrected chi connectivity index (χ2v) is 7.82. The molecule has 2 heterocycles. The fraction of sp³-hybridized carbons (Fsp3) is 0.636. The monoisotopic (exact) mass is 274 g/mol. The van der Waals surface area contributed by atoms with Crippen LogP contribution in [0, 0.1) is 5.92 Å². The largest absolute Gasteiger partial charge is 0.398 e. The van der Waals surface area contributed by atoms with E-state index in [4.69, 9.17) is 5.73 Å². The number of anilines is 1. The van der Waals surface area contributed by atoms with E-state index in [1.54, 1.807) is 15.8 Å². The van der Waals surface area contributed by atoms with Gasteiger partial charge in [-0.05, 0) is 31.7 Å². The van der Waals surface area contributed by atoms with Gasteiger partial charge in [-0.1, -0.05) is 6.92 Å². The lowest BCUT2D eigenvalue weighted by Gasteiger charge is -2.35. The fourth-order valence-corrected chi connectivity index (χ4v) is 5.19. The zero-order valence-corrected chi connectivity index (χ0v) is 11.7. The first kappa shape index (κ1) is 12.9. The summed E-state index contributed by atoms with van der Waals surface area (Å²) in [5, 5.41) is 1.67. The van der Waals surface area contributed by atoms with Gasteiger partial charge in [-0.3, -0.25) is 0 Å². The summed E-state index contributed by atoms with van der Waals surface area (Å²) in [4.78, 5) is 0. The number of nitrogens with zero attached hydrogens (tertiary/aromatic N) is 1. The molecule has 0 saturated carbocycles. The van der Waals surface area contributed by atoms with Gasteiger partial charge in [-0.25, -0.2) is 8.42 Å². The lowest BCUT2D eigenvalue weighted by molar-refractivity contribution is 0.220. The highest BCUT2D eigenvalue weighted by atomic mass is 32.2. The molecule has 0 aliphatic carbocycles. The summed E-state index contributed by atoms with van der Waals surface area (Å²) in [5.41, 5.74) is 6.11. The van der Waals surface area contributed by atoms with Gasteiger partial charge in [0.25, 0.3) is 10.0 Å². The lowest BCUT2D eigenvalue weighted by atomic mass is 9.95. The van der Waals surface area contributed by atoms with Crippen LogP contribution in [0.25, 0.3) is 0 Å². The molecular weight excluding hydrogens is 256 g/mol. The van der Waals surface area contributed by atoms with E-state index >= 15 is 0 Å². The summed E-state index contributed by atoms with van der Waals surface area (Å²) in [6.45, 7) is 4.76. The van der Waals surface area contributed by atoms with Crippen LogP contribution < -0.4 is 5.73 Å². The zero-order chi connectivity index (χ0) is 12.6. The van der Waals surface area contributed by atoms with Crippen molar-refractivity contribution >= 4 is 27.0 Å². The third-order valence-electron chi connectivity index (χ3n) is 3.24. The number of nitrogens with two attached hydrogens (primary N) is 1. The summed E-state index contributed by atoms with van der Waals surface area (Å²) < 4.78 is 26.8. The summed E-state index contributed by atoms with van der Waals surface area (Å²) in [6, 6.07) is 1.62. The van der Waals surface area contributed by atoms with Crippen molar-refractivity contribution in [1.29, 1.82) is 0 Å². The second-order valence-electron chi connectivity index (χ2n) is 4.79. The van der Waals surface area contributed by atoms with E-state index < -0.39 is 10.0 Å². The molecule has 0 bridgehead atoms. The molecular formula is C11H18N2O2S2. The smallest absolute Gasteiger partial charge is 0.252 e. The molecule has 1 fully saturated rings. The predicted octanol–water partition coefficient (Wildman–Crippen LogP) is 2.14. The van der Waals surface area contributed by atoms with Gasteiger partial charge in [-0.15, -0.1) is 11.3 Å². The molecule has 2 N–H and O–H groups in total. The Morgan fingerprint density at radius 3 is 2.71 bits per heavy atom. The van der Waals surface area contributed by atoms with Crippen LogP contribution in [-0.4, -0.2) is 25.3 Å². The molecule has 0 amide bonds. The topological polar surface area (TPSA) is 63.4 Å². The van der Waals surface area contributed by atoms with E-state index in [0.29, 0.717) is 22.4 Å². The van der Waals surface area contributed by atoms with Crippen molar-refractivity contribution in [2.75, 3.05) is 12.3 Å². The number of piperidine rings is 1. The molecule has 0 spiro atoms. The van der Waals surface area contributed by atoms with Crippen LogP contribution in [0.4, 0.5) is 5.69 Å². The molecule has 2 rings (SSSR count).